The first-order valence-electron chi connectivity index (χ1n) is 6.74. The van der Waals surface area contributed by atoms with Gasteiger partial charge in [-0.3, -0.25) is 4.79 Å². The van der Waals surface area contributed by atoms with Crippen LogP contribution in [-0.2, 0) is 11.3 Å². The van der Waals surface area contributed by atoms with Crippen LogP contribution in [0.15, 0.2) is 18.2 Å². The first-order chi connectivity index (χ1) is 9.23. The molecule has 2 N–H and O–H groups in total. The third-order valence-electron chi connectivity index (χ3n) is 3.26. The van der Waals surface area contributed by atoms with Crippen LogP contribution in [0.4, 0.5) is 0 Å². The molecule has 0 aliphatic carbocycles. The molecule has 0 fully saturated rings. The second kappa shape index (κ2) is 7.30. The van der Waals surface area contributed by atoms with E-state index in [9.17, 15) is 4.79 Å². The molecule has 3 nitrogen and oxygen atoms in total. The highest BCUT2D eigenvalue weighted by molar-refractivity contribution is 6.33. The predicted molar refractivity (Wildman–Crippen MR) is 85.0 cm³/mol. The number of benzene rings is 1. The Bertz CT molecular complexity index is 475. The van der Waals surface area contributed by atoms with Crippen molar-refractivity contribution in [1.29, 1.82) is 0 Å². The number of hydrogen-bond donors (Lipinski definition) is 1. The Labute approximate surface area is 131 Å². The molecule has 0 spiro atoms. The van der Waals surface area contributed by atoms with Gasteiger partial charge in [0.15, 0.2) is 0 Å². The molecule has 1 unspecified atom stereocenters. The van der Waals surface area contributed by atoms with E-state index >= 15 is 0 Å². The maximum absolute atomic E-state index is 12.5. The summed E-state index contributed by atoms with van der Waals surface area (Å²) in [7, 11) is 0. The topological polar surface area (TPSA) is 46.3 Å². The quantitative estimate of drug-likeness (QED) is 0.900. The number of carbonyl (C=O) groups is 1. The van der Waals surface area contributed by atoms with Gasteiger partial charge in [0.05, 0.1) is 6.04 Å². The van der Waals surface area contributed by atoms with Crippen LogP contribution in [0.25, 0.3) is 0 Å². The molecule has 0 radical (unpaired) electrons. The van der Waals surface area contributed by atoms with Gasteiger partial charge < -0.3 is 10.6 Å². The van der Waals surface area contributed by atoms with Gasteiger partial charge in [-0.2, -0.15) is 0 Å². The molecule has 0 saturated carbocycles. The first-order valence-corrected chi connectivity index (χ1v) is 7.49. The molecular weight excluding hydrogens is 295 g/mol. The van der Waals surface area contributed by atoms with Crippen LogP contribution in [0.1, 0.15) is 33.3 Å². The van der Waals surface area contributed by atoms with E-state index in [2.05, 4.69) is 0 Å². The Morgan fingerprint density at radius 3 is 2.35 bits per heavy atom. The molecule has 1 rings (SSSR count). The lowest BCUT2D eigenvalue weighted by Crippen LogP contribution is -2.48. The molecule has 112 valence electrons. The highest BCUT2D eigenvalue weighted by Crippen LogP contribution is 2.23. The largest absolute Gasteiger partial charge is 0.335 e. The van der Waals surface area contributed by atoms with Gasteiger partial charge in [-0.25, -0.2) is 0 Å². The van der Waals surface area contributed by atoms with Crippen LogP contribution >= 0.6 is 23.2 Å². The maximum Gasteiger partial charge on any atom is 0.240 e. The Morgan fingerprint density at radius 2 is 1.85 bits per heavy atom. The zero-order chi connectivity index (χ0) is 15.4. The fourth-order valence-corrected chi connectivity index (χ4v) is 2.21. The fourth-order valence-electron chi connectivity index (χ4n) is 1.84. The lowest BCUT2D eigenvalue weighted by atomic mass is 10.0. The third kappa shape index (κ3) is 4.37. The number of hydrogen-bond acceptors (Lipinski definition) is 2. The standard InChI is InChI=1S/C15H22Cl2N2O/c1-9(2)14(18)15(20)19(10(3)4)8-11-7-12(16)5-6-13(11)17/h5-7,9-10,14H,8,18H2,1-4H3. The van der Waals surface area contributed by atoms with E-state index in [-0.39, 0.29) is 17.9 Å². The summed E-state index contributed by atoms with van der Waals surface area (Å²) >= 11 is 12.1. The van der Waals surface area contributed by atoms with Gasteiger partial charge >= 0.3 is 0 Å². The van der Waals surface area contributed by atoms with Gasteiger partial charge in [0.2, 0.25) is 5.91 Å². The monoisotopic (exact) mass is 316 g/mol. The highest BCUT2D eigenvalue weighted by atomic mass is 35.5. The van der Waals surface area contributed by atoms with Crippen molar-refractivity contribution in [2.24, 2.45) is 11.7 Å². The van der Waals surface area contributed by atoms with Crippen molar-refractivity contribution in [3.05, 3.63) is 33.8 Å². The van der Waals surface area contributed by atoms with Crippen LogP contribution in [-0.4, -0.2) is 22.9 Å². The maximum atomic E-state index is 12.5. The van der Waals surface area contributed by atoms with Gasteiger partial charge in [0, 0.05) is 22.6 Å². The number of halogens is 2. The molecule has 0 heterocycles. The lowest BCUT2D eigenvalue weighted by Gasteiger charge is -2.31. The van der Waals surface area contributed by atoms with Crippen LogP contribution in [0.5, 0.6) is 0 Å². The zero-order valence-electron chi connectivity index (χ0n) is 12.4. The second-order valence-electron chi connectivity index (χ2n) is 5.57. The Balaban J connectivity index is 2.98. The molecular formula is C15H22Cl2N2O. The molecule has 1 aromatic carbocycles. The van der Waals surface area contributed by atoms with Crippen molar-refractivity contribution in [2.75, 3.05) is 0 Å². The van der Waals surface area contributed by atoms with E-state index in [1.807, 2.05) is 27.7 Å². The van der Waals surface area contributed by atoms with E-state index in [0.29, 0.717) is 16.6 Å². The van der Waals surface area contributed by atoms with Crippen LogP contribution in [0, 0.1) is 5.92 Å². The Morgan fingerprint density at radius 1 is 1.25 bits per heavy atom. The van der Waals surface area contributed by atoms with Crippen molar-refractivity contribution in [2.45, 2.75) is 46.3 Å². The molecule has 0 saturated heterocycles. The predicted octanol–water partition coefficient (Wildman–Crippen LogP) is 3.71. The normalized spacial score (nSPS) is 12.8. The summed E-state index contributed by atoms with van der Waals surface area (Å²) in [4.78, 5) is 14.2. The SMILES string of the molecule is CC(C)C(N)C(=O)N(Cc1cc(Cl)ccc1Cl)C(C)C. The molecule has 5 heteroatoms. The summed E-state index contributed by atoms with van der Waals surface area (Å²) < 4.78 is 0. The Kier molecular flexibility index (Phi) is 6.31. The smallest absolute Gasteiger partial charge is 0.240 e. The first kappa shape index (κ1) is 17.3. The summed E-state index contributed by atoms with van der Waals surface area (Å²) in [6, 6.07) is 4.80. The molecule has 0 aliphatic heterocycles. The highest BCUT2D eigenvalue weighted by Gasteiger charge is 2.26. The molecule has 1 atom stereocenters. The van der Waals surface area contributed by atoms with E-state index < -0.39 is 6.04 Å². The molecule has 0 aromatic heterocycles. The summed E-state index contributed by atoms with van der Waals surface area (Å²) in [5.74, 6) is 0.0321. The fraction of sp³-hybridized carbons (Fsp3) is 0.533. The van der Waals surface area contributed by atoms with Crippen molar-refractivity contribution >= 4 is 29.1 Å². The van der Waals surface area contributed by atoms with E-state index in [1.54, 1.807) is 23.1 Å². The van der Waals surface area contributed by atoms with E-state index in [1.165, 1.54) is 0 Å². The second-order valence-corrected chi connectivity index (χ2v) is 6.41. The van der Waals surface area contributed by atoms with E-state index in [0.717, 1.165) is 5.56 Å². The third-order valence-corrected chi connectivity index (χ3v) is 3.86. The molecule has 20 heavy (non-hydrogen) atoms. The van der Waals surface area contributed by atoms with Crippen molar-refractivity contribution in [3.63, 3.8) is 0 Å². The Hall–Kier alpha value is -0.770. The van der Waals surface area contributed by atoms with Gasteiger partial charge in [-0.05, 0) is 43.5 Å². The van der Waals surface area contributed by atoms with E-state index in [4.69, 9.17) is 28.9 Å². The summed E-state index contributed by atoms with van der Waals surface area (Å²) in [5.41, 5.74) is 6.80. The molecule has 1 aromatic rings. The minimum atomic E-state index is -0.504. The van der Waals surface area contributed by atoms with Crippen LogP contribution in [0.3, 0.4) is 0 Å². The van der Waals surface area contributed by atoms with Gasteiger partial charge in [0.25, 0.3) is 0 Å². The minimum Gasteiger partial charge on any atom is -0.335 e. The van der Waals surface area contributed by atoms with Crippen molar-refractivity contribution < 1.29 is 4.79 Å². The summed E-state index contributed by atoms with van der Waals surface area (Å²) in [5, 5.41) is 1.21. The van der Waals surface area contributed by atoms with Gasteiger partial charge in [-0.15, -0.1) is 0 Å². The molecule has 1 amide bonds. The average molecular weight is 317 g/mol. The van der Waals surface area contributed by atoms with Crippen LogP contribution in [0.2, 0.25) is 10.0 Å². The number of rotatable bonds is 5. The number of amides is 1. The van der Waals surface area contributed by atoms with Crippen LogP contribution < -0.4 is 5.73 Å². The van der Waals surface area contributed by atoms with Gasteiger partial charge in [0.1, 0.15) is 0 Å². The lowest BCUT2D eigenvalue weighted by molar-refractivity contribution is -0.136. The average Bonchev–Trinajstić information content (AvgIpc) is 2.37. The number of nitrogens with two attached hydrogens (primary N) is 1. The number of carbonyl (C=O) groups excluding carboxylic acids is 1. The minimum absolute atomic E-state index is 0.0438. The van der Waals surface area contributed by atoms with Crippen molar-refractivity contribution in [3.8, 4) is 0 Å². The van der Waals surface area contributed by atoms with Crippen molar-refractivity contribution in [1.82, 2.24) is 4.90 Å². The molecule has 0 bridgehead atoms. The van der Waals surface area contributed by atoms with Gasteiger partial charge in [-0.1, -0.05) is 37.0 Å². The number of nitrogens with zero attached hydrogens (tertiary/aromatic N) is 1. The molecule has 0 aliphatic rings. The zero-order valence-corrected chi connectivity index (χ0v) is 13.9. The summed E-state index contributed by atoms with van der Waals surface area (Å²) in [6.07, 6.45) is 0. The summed E-state index contributed by atoms with van der Waals surface area (Å²) in [6.45, 7) is 8.21.